The molecule has 3 rings (SSSR count). The average molecular weight is 457 g/mol. The molecule has 0 aliphatic heterocycles. The zero-order chi connectivity index (χ0) is 22.2. The molecule has 1 heterocycles. The Kier molecular flexibility index (Phi) is 8.14. The average Bonchev–Trinajstić information content (AvgIpc) is 3.14. The Balaban J connectivity index is 1.57. The number of carbonyl (C=O) groups excluding carboxylic acids is 1. The van der Waals surface area contributed by atoms with Crippen LogP contribution < -0.4 is 10.1 Å². The third-order valence-corrected chi connectivity index (χ3v) is 5.97. The van der Waals surface area contributed by atoms with Crippen molar-refractivity contribution in [1.29, 1.82) is 0 Å². The minimum Gasteiger partial charge on any atom is -0.485 e. The molecular formula is C23H25ClN4O2S. The van der Waals surface area contributed by atoms with Crippen LogP contribution in [0.4, 0.5) is 0 Å². The van der Waals surface area contributed by atoms with Gasteiger partial charge in [0.05, 0.1) is 5.75 Å². The molecule has 162 valence electrons. The molecule has 31 heavy (non-hydrogen) atoms. The molecule has 8 heteroatoms. The molecule has 1 aromatic heterocycles. The highest BCUT2D eigenvalue weighted by Gasteiger charge is 2.14. The predicted octanol–water partition coefficient (Wildman–Crippen LogP) is 4.72. The van der Waals surface area contributed by atoms with Crippen LogP contribution in [0.5, 0.6) is 5.75 Å². The van der Waals surface area contributed by atoms with Crippen LogP contribution >= 0.6 is 23.4 Å². The van der Waals surface area contributed by atoms with Gasteiger partial charge in [-0.1, -0.05) is 53.7 Å². The molecule has 0 aliphatic carbocycles. The van der Waals surface area contributed by atoms with Crippen molar-refractivity contribution in [3.8, 4) is 5.75 Å². The van der Waals surface area contributed by atoms with E-state index in [-0.39, 0.29) is 18.3 Å². The molecule has 0 radical (unpaired) electrons. The van der Waals surface area contributed by atoms with Gasteiger partial charge in [-0.05, 0) is 48.7 Å². The molecule has 6 nitrogen and oxygen atoms in total. The molecule has 0 fully saturated rings. The summed E-state index contributed by atoms with van der Waals surface area (Å²) in [7, 11) is 0. The van der Waals surface area contributed by atoms with Crippen LogP contribution in [-0.2, 0) is 24.5 Å². The Morgan fingerprint density at radius 2 is 2.00 bits per heavy atom. The van der Waals surface area contributed by atoms with Crippen LogP contribution in [0, 0.1) is 13.8 Å². The number of rotatable bonds is 10. The molecule has 0 aliphatic rings. The van der Waals surface area contributed by atoms with Crippen molar-refractivity contribution in [3.63, 3.8) is 0 Å². The third kappa shape index (κ3) is 6.35. The van der Waals surface area contributed by atoms with Crippen molar-refractivity contribution < 1.29 is 9.53 Å². The van der Waals surface area contributed by atoms with Gasteiger partial charge in [0.15, 0.2) is 11.0 Å². The first-order chi connectivity index (χ1) is 15.0. The monoisotopic (exact) mass is 456 g/mol. The first-order valence-corrected chi connectivity index (χ1v) is 11.2. The van der Waals surface area contributed by atoms with Crippen LogP contribution in [0.3, 0.4) is 0 Å². The fraction of sp³-hybridized carbons (Fsp3) is 0.261. The van der Waals surface area contributed by atoms with E-state index in [2.05, 4.69) is 35.1 Å². The van der Waals surface area contributed by atoms with Crippen LogP contribution in [-0.4, -0.2) is 26.4 Å². The van der Waals surface area contributed by atoms with Crippen molar-refractivity contribution in [2.24, 2.45) is 0 Å². The van der Waals surface area contributed by atoms with Crippen molar-refractivity contribution >= 4 is 29.3 Å². The van der Waals surface area contributed by atoms with E-state index in [1.807, 2.05) is 35.8 Å². The number of benzene rings is 2. The van der Waals surface area contributed by atoms with E-state index >= 15 is 0 Å². The number of halogens is 1. The van der Waals surface area contributed by atoms with Crippen LogP contribution in [0.2, 0.25) is 5.02 Å². The van der Waals surface area contributed by atoms with Crippen LogP contribution in [0.1, 0.15) is 22.5 Å². The lowest BCUT2D eigenvalue weighted by Gasteiger charge is -2.12. The van der Waals surface area contributed by atoms with Gasteiger partial charge in [-0.25, -0.2) is 0 Å². The number of nitrogens with zero attached hydrogens (tertiary/aromatic N) is 3. The van der Waals surface area contributed by atoms with Crippen molar-refractivity contribution in [3.05, 3.63) is 82.7 Å². The third-order valence-electron chi connectivity index (χ3n) is 4.75. The van der Waals surface area contributed by atoms with Gasteiger partial charge in [0.25, 0.3) is 0 Å². The summed E-state index contributed by atoms with van der Waals surface area (Å²) in [4.78, 5) is 12.3. The smallest absolute Gasteiger partial charge is 0.230 e. The maximum atomic E-state index is 12.3. The van der Waals surface area contributed by atoms with Crippen LogP contribution in [0.15, 0.2) is 60.3 Å². The number of hydrogen-bond acceptors (Lipinski definition) is 5. The zero-order valence-corrected chi connectivity index (χ0v) is 19.2. The maximum Gasteiger partial charge on any atom is 0.230 e. The lowest BCUT2D eigenvalue weighted by atomic mass is 10.1. The molecule has 0 saturated carbocycles. The first kappa shape index (κ1) is 22.9. The molecule has 0 unspecified atom stereocenters. The number of aryl methyl sites for hydroxylation is 1. The molecule has 0 spiro atoms. The molecule has 0 saturated heterocycles. The summed E-state index contributed by atoms with van der Waals surface area (Å²) >= 11 is 7.22. The van der Waals surface area contributed by atoms with Crippen LogP contribution in [0.25, 0.3) is 0 Å². The Morgan fingerprint density at radius 3 is 2.74 bits per heavy atom. The predicted molar refractivity (Wildman–Crippen MR) is 124 cm³/mol. The van der Waals surface area contributed by atoms with E-state index < -0.39 is 0 Å². The van der Waals surface area contributed by atoms with Gasteiger partial charge >= 0.3 is 0 Å². The maximum absolute atomic E-state index is 12.3. The van der Waals surface area contributed by atoms with E-state index in [1.54, 1.807) is 18.2 Å². The zero-order valence-electron chi connectivity index (χ0n) is 17.6. The minimum absolute atomic E-state index is 0.0821. The number of carbonyl (C=O) groups is 1. The summed E-state index contributed by atoms with van der Waals surface area (Å²) in [5.74, 6) is 1.66. The summed E-state index contributed by atoms with van der Waals surface area (Å²) in [5, 5.41) is 12.7. The summed E-state index contributed by atoms with van der Waals surface area (Å²) in [6.45, 7) is 9.16. The van der Waals surface area contributed by atoms with Gasteiger partial charge in [-0.15, -0.1) is 16.8 Å². The number of aromatic nitrogens is 3. The first-order valence-electron chi connectivity index (χ1n) is 9.84. The van der Waals surface area contributed by atoms with Gasteiger partial charge in [-0.3, -0.25) is 9.36 Å². The number of nitrogens with one attached hydrogen (secondary N) is 1. The normalized spacial score (nSPS) is 10.7. The van der Waals surface area contributed by atoms with E-state index in [4.69, 9.17) is 16.3 Å². The Hall–Kier alpha value is -2.77. The van der Waals surface area contributed by atoms with Crippen molar-refractivity contribution in [2.45, 2.75) is 38.7 Å². The summed E-state index contributed by atoms with van der Waals surface area (Å²) in [6, 6.07) is 13.3. The second-order valence-electron chi connectivity index (χ2n) is 6.98. The second kappa shape index (κ2) is 11.0. The lowest BCUT2D eigenvalue weighted by molar-refractivity contribution is -0.118. The SMILES string of the molecule is C=CCn1c(COc2cccc(C)c2C)nnc1SCC(=O)NCc1ccc(Cl)cc1. The fourth-order valence-corrected chi connectivity index (χ4v) is 3.77. The van der Waals surface area contributed by atoms with E-state index in [0.29, 0.717) is 29.1 Å². The Morgan fingerprint density at radius 1 is 1.23 bits per heavy atom. The highest BCUT2D eigenvalue weighted by atomic mass is 35.5. The topological polar surface area (TPSA) is 69.0 Å². The standard InChI is InChI=1S/C23H25ClN4O2S/c1-4-12-28-21(14-30-20-7-5-6-16(2)17(20)3)26-27-23(28)31-15-22(29)25-13-18-8-10-19(24)11-9-18/h4-11H,1,12-15H2,2-3H3,(H,25,29). The number of amides is 1. The number of ether oxygens (including phenoxy) is 1. The summed E-state index contributed by atoms with van der Waals surface area (Å²) < 4.78 is 7.88. The quantitative estimate of drug-likeness (QED) is 0.353. The fourth-order valence-electron chi connectivity index (χ4n) is 2.85. The van der Waals surface area contributed by atoms with Gasteiger partial charge in [0.1, 0.15) is 12.4 Å². The van der Waals surface area contributed by atoms with E-state index in [0.717, 1.165) is 16.9 Å². The van der Waals surface area contributed by atoms with Gasteiger partial charge < -0.3 is 10.1 Å². The molecule has 0 atom stereocenters. The number of allylic oxidation sites excluding steroid dienone is 1. The highest BCUT2D eigenvalue weighted by Crippen LogP contribution is 2.23. The number of hydrogen-bond donors (Lipinski definition) is 1. The number of thioether (sulfide) groups is 1. The Labute approximate surface area is 191 Å². The van der Waals surface area contributed by atoms with Crippen molar-refractivity contribution in [2.75, 3.05) is 5.75 Å². The lowest BCUT2D eigenvalue weighted by Crippen LogP contribution is -2.24. The molecular weight excluding hydrogens is 432 g/mol. The largest absolute Gasteiger partial charge is 0.485 e. The summed E-state index contributed by atoms with van der Waals surface area (Å²) in [6.07, 6.45) is 1.77. The molecule has 1 amide bonds. The molecule has 3 aromatic rings. The van der Waals surface area contributed by atoms with E-state index in [1.165, 1.54) is 17.3 Å². The van der Waals surface area contributed by atoms with Gasteiger partial charge in [0.2, 0.25) is 5.91 Å². The van der Waals surface area contributed by atoms with E-state index in [9.17, 15) is 4.79 Å². The summed E-state index contributed by atoms with van der Waals surface area (Å²) in [5.41, 5.74) is 3.26. The minimum atomic E-state index is -0.0821. The van der Waals surface area contributed by atoms with Crippen molar-refractivity contribution in [1.82, 2.24) is 20.1 Å². The van der Waals surface area contributed by atoms with Gasteiger partial charge in [-0.2, -0.15) is 0 Å². The highest BCUT2D eigenvalue weighted by molar-refractivity contribution is 7.99. The Bertz CT molecular complexity index is 1050. The van der Waals surface area contributed by atoms with Gasteiger partial charge in [0, 0.05) is 18.1 Å². The molecule has 1 N–H and O–H groups in total. The second-order valence-corrected chi connectivity index (χ2v) is 8.36. The molecule has 2 aromatic carbocycles. The molecule has 0 bridgehead atoms.